The molecule has 0 amide bonds. The van der Waals surface area contributed by atoms with Crippen LogP contribution in [0.4, 0.5) is 5.69 Å². The number of aromatic carboxylic acids is 1. The van der Waals surface area contributed by atoms with Gasteiger partial charge in [-0.05, 0) is 12.1 Å². The molecule has 94 valence electrons. The summed E-state index contributed by atoms with van der Waals surface area (Å²) in [7, 11) is 0. The Morgan fingerprint density at radius 1 is 1.50 bits per heavy atom. The van der Waals surface area contributed by atoms with E-state index in [0.717, 1.165) is 11.3 Å². The highest BCUT2D eigenvalue weighted by Crippen LogP contribution is 2.24. The molecule has 0 aliphatic heterocycles. The van der Waals surface area contributed by atoms with Crippen molar-refractivity contribution < 1.29 is 9.90 Å². The van der Waals surface area contributed by atoms with Crippen molar-refractivity contribution >= 4 is 34.6 Å². The lowest BCUT2D eigenvalue weighted by Crippen LogP contribution is -2.08. The Labute approximate surface area is 111 Å². The number of aromatic amines is 1. The van der Waals surface area contributed by atoms with Crippen LogP contribution in [0.15, 0.2) is 28.4 Å². The van der Waals surface area contributed by atoms with E-state index in [0.29, 0.717) is 17.9 Å². The summed E-state index contributed by atoms with van der Waals surface area (Å²) in [4.78, 5) is 24.5. The van der Waals surface area contributed by atoms with Gasteiger partial charge in [-0.25, -0.2) is 4.79 Å². The van der Waals surface area contributed by atoms with Crippen LogP contribution in [0.1, 0.15) is 16.1 Å². The third-order valence-corrected chi connectivity index (χ3v) is 3.30. The van der Waals surface area contributed by atoms with Gasteiger partial charge in [0.25, 0.3) is 0 Å². The van der Waals surface area contributed by atoms with Gasteiger partial charge >= 0.3 is 10.8 Å². The minimum absolute atomic E-state index is 0.0248. The predicted octanol–water partition coefficient (Wildman–Crippen LogP) is 2.40. The minimum atomic E-state index is -1.10. The van der Waals surface area contributed by atoms with Crippen LogP contribution < -0.4 is 10.2 Å². The molecule has 0 aliphatic rings. The number of hydrogen-bond acceptors (Lipinski definition) is 4. The average molecular weight is 285 g/mol. The fraction of sp³-hybridized carbons (Fsp3) is 0.0909. The van der Waals surface area contributed by atoms with E-state index in [9.17, 15) is 9.59 Å². The molecule has 7 heteroatoms. The standard InChI is InChI=1S/C11H9ClN2O3S/c12-7-2-1-3-8(9(7)10(15)16)13-4-6-5-18-11(17)14-6/h1-3,5,13H,4H2,(H,14,17)(H,15,16). The number of anilines is 1. The normalized spacial score (nSPS) is 10.3. The van der Waals surface area contributed by atoms with Crippen LogP contribution in [0, 0.1) is 0 Å². The van der Waals surface area contributed by atoms with Crippen molar-refractivity contribution in [2.24, 2.45) is 0 Å². The highest BCUT2D eigenvalue weighted by molar-refractivity contribution is 7.07. The molecule has 0 saturated carbocycles. The zero-order valence-corrected chi connectivity index (χ0v) is 10.6. The monoisotopic (exact) mass is 284 g/mol. The van der Waals surface area contributed by atoms with Crippen LogP contribution in [0.2, 0.25) is 5.02 Å². The van der Waals surface area contributed by atoms with E-state index in [4.69, 9.17) is 16.7 Å². The van der Waals surface area contributed by atoms with Gasteiger partial charge in [-0.1, -0.05) is 29.0 Å². The highest BCUT2D eigenvalue weighted by Gasteiger charge is 2.13. The molecule has 0 fully saturated rings. The Morgan fingerprint density at radius 2 is 2.28 bits per heavy atom. The van der Waals surface area contributed by atoms with Gasteiger partial charge in [0.1, 0.15) is 5.56 Å². The number of thiazole rings is 1. The molecule has 0 saturated heterocycles. The predicted molar refractivity (Wildman–Crippen MR) is 70.7 cm³/mol. The number of nitrogens with one attached hydrogen (secondary N) is 2. The zero-order valence-electron chi connectivity index (χ0n) is 9.07. The largest absolute Gasteiger partial charge is 0.478 e. The molecular weight excluding hydrogens is 276 g/mol. The average Bonchev–Trinajstić information content (AvgIpc) is 2.72. The van der Waals surface area contributed by atoms with Crippen molar-refractivity contribution in [2.75, 3.05) is 5.32 Å². The molecule has 5 nitrogen and oxygen atoms in total. The van der Waals surface area contributed by atoms with Crippen LogP contribution in [-0.4, -0.2) is 16.1 Å². The van der Waals surface area contributed by atoms with E-state index in [-0.39, 0.29) is 15.5 Å². The van der Waals surface area contributed by atoms with Gasteiger partial charge in [0, 0.05) is 11.1 Å². The Morgan fingerprint density at radius 3 is 2.89 bits per heavy atom. The molecule has 0 unspecified atom stereocenters. The molecule has 18 heavy (non-hydrogen) atoms. The van der Waals surface area contributed by atoms with Crippen LogP contribution in [-0.2, 0) is 6.54 Å². The lowest BCUT2D eigenvalue weighted by atomic mass is 10.1. The van der Waals surface area contributed by atoms with E-state index >= 15 is 0 Å². The topological polar surface area (TPSA) is 82.2 Å². The SMILES string of the molecule is O=C(O)c1c(Cl)cccc1NCc1csc(=O)[nH]1. The molecule has 0 radical (unpaired) electrons. The molecule has 0 bridgehead atoms. The summed E-state index contributed by atoms with van der Waals surface area (Å²) in [5, 5.41) is 13.9. The van der Waals surface area contributed by atoms with Crippen molar-refractivity contribution in [3.63, 3.8) is 0 Å². The summed E-state index contributed by atoms with van der Waals surface area (Å²) in [5.74, 6) is -1.10. The van der Waals surface area contributed by atoms with Gasteiger partial charge < -0.3 is 15.4 Å². The lowest BCUT2D eigenvalue weighted by Gasteiger charge is -2.09. The number of hydrogen-bond donors (Lipinski definition) is 3. The fourth-order valence-electron chi connectivity index (χ4n) is 1.48. The van der Waals surface area contributed by atoms with Crippen molar-refractivity contribution in [1.29, 1.82) is 0 Å². The van der Waals surface area contributed by atoms with E-state index in [1.54, 1.807) is 17.5 Å². The number of carboxylic acid groups (broad SMARTS) is 1. The molecule has 0 atom stereocenters. The van der Waals surface area contributed by atoms with Crippen LogP contribution in [0.5, 0.6) is 0 Å². The first-order chi connectivity index (χ1) is 8.58. The summed E-state index contributed by atoms with van der Waals surface area (Å²) in [5.41, 5.74) is 1.14. The third-order valence-electron chi connectivity index (χ3n) is 2.27. The van der Waals surface area contributed by atoms with Crippen molar-refractivity contribution in [3.05, 3.63) is 49.5 Å². The molecule has 0 aliphatic carbocycles. The van der Waals surface area contributed by atoms with E-state index < -0.39 is 5.97 Å². The van der Waals surface area contributed by atoms with Gasteiger partial charge in [-0.3, -0.25) is 4.79 Å². The van der Waals surface area contributed by atoms with Gasteiger partial charge in [0.05, 0.1) is 17.3 Å². The smallest absolute Gasteiger partial charge is 0.339 e. The highest BCUT2D eigenvalue weighted by atomic mass is 35.5. The number of rotatable bonds is 4. The summed E-state index contributed by atoms with van der Waals surface area (Å²) < 4.78 is 0. The van der Waals surface area contributed by atoms with Crippen LogP contribution in [0.25, 0.3) is 0 Å². The van der Waals surface area contributed by atoms with Gasteiger partial charge in [-0.15, -0.1) is 0 Å². The van der Waals surface area contributed by atoms with Crippen LogP contribution in [0.3, 0.4) is 0 Å². The maximum atomic E-state index is 11.1. The first kappa shape index (κ1) is 12.7. The zero-order chi connectivity index (χ0) is 13.1. The number of benzene rings is 1. The Hall–Kier alpha value is -1.79. The molecule has 1 aromatic carbocycles. The summed E-state index contributed by atoms with van der Waals surface area (Å²) in [6.45, 7) is 0.333. The first-order valence-electron chi connectivity index (χ1n) is 5.00. The second kappa shape index (κ2) is 5.24. The van der Waals surface area contributed by atoms with Crippen molar-refractivity contribution in [3.8, 4) is 0 Å². The van der Waals surface area contributed by atoms with E-state index in [1.165, 1.54) is 6.07 Å². The second-order valence-corrected chi connectivity index (χ2v) is 4.74. The number of H-pyrrole nitrogens is 1. The molecule has 2 rings (SSSR count). The number of carboxylic acids is 1. The maximum absolute atomic E-state index is 11.1. The molecular formula is C11H9ClN2O3S. The fourth-order valence-corrected chi connectivity index (χ4v) is 2.32. The van der Waals surface area contributed by atoms with E-state index in [1.807, 2.05) is 0 Å². The maximum Gasteiger partial charge on any atom is 0.339 e. The number of halogens is 1. The Kier molecular flexibility index (Phi) is 3.69. The quantitative estimate of drug-likeness (QED) is 0.805. The molecule has 1 heterocycles. The molecule has 1 aromatic heterocycles. The summed E-state index contributed by atoms with van der Waals surface area (Å²) in [6, 6.07) is 4.80. The van der Waals surface area contributed by atoms with Gasteiger partial charge in [0.2, 0.25) is 0 Å². The van der Waals surface area contributed by atoms with Crippen LogP contribution >= 0.6 is 22.9 Å². The molecule has 2 aromatic rings. The Bertz CT molecular complexity index is 635. The van der Waals surface area contributed by atoms with Crippen molar-refractivity contribution in [1.82, 2.24) is 4.98 Å². The number of aromatic nitrogens is 1. The van der Waals surface area contributed by atoms with Crippen molar-refractivity contribution in [2.45, 2.75) is 6.54 Å². The third kappa shape index (κ3) is 2.72. The number of carbonyl (C=O) groups is 1. The first-order valence-corrected chi connectivity index (χ1v) is 6.26. The molecule has 3 N–H and O–H groups in total. The lowest BCUT2D eigenvalue weighted by molar-refractivity contribution is 0.0698. The Balaban J connectivity index is 2.21. The van der Waals surface area contributed by atoms with Gasteiger partial charge in [-0.2, -0.15) is 0 Å². The minimum Gasteiger partial charge on any atom is -0.478 e. The van der Waals surface area contributed by atoms with Gasteiger partial charge in [0.15, 0.2) is 0 Å². The van der Waals surface area contributed by atoms with E-state index in [2.05, 4.69) is 10.3 Å². The molecule has 0 spiro atoms. The summed E-state index contributed by atoms with van der Waals surface area (Å²) >= 11 is 6.89. The summed E-state index contributed by atoms with van der Waals surface area (Å²) in [6.07, 6.45) is 0. The second-order valence-electron chi connectivity index (χ2n) is 3.49.